The van der Waals surface area contributed by atoms with Gasteiger partial charge in [0.1, 0.15) is 0 Å². The van der Waals surface area contributed by atoms with E-state index in [9.17, 15) is 0 Å². The smallest absolute Gasteiger partial charge is 0.203 e. The van der Waals surface area contributed by atoms with Crippen LogP contribution in [0.2, 0.25) is 0 Å². The molecule has 0 unspecified atom stereocenters. The van der Waals surface area contributed by atoms with E-state index in [-0.39, 0.29) is 0 Å². The highest BCUT2D eigenvalue weighted by atomic mass is 32.1. The minimum atomic E-state index is 0.797. The van der Waals surface area contributed by atoms with E-state index in [1.54, 1.807) is 11.3 Å². The summed E-state index contributed by atoms with van der Waals surface area (Å²) in [6.07, 6.45) is 1.83. The van der Waals surface area contributed by atoms with Gasteiger partial charge in [-0.2, -0.15) is 5.10 Å². The molecule has 0 radical (unpaired) electrons. The van der Waals surface area contributed by atoms with Gasteiger partial charge < -0.3 is 4.90 Å². The van der Waals surface area contributed by atoms with Gasteiger partial charge in [-0.05, 0) is 63.4 Å². The van der Waals surface area contributed by atoms with E-state index in [2.05, 4.69) is 91.8 Å². The Hall–Kier alpha value is -2.66. The second-order valence-corrected chi connectivity index (χ2v) is 7.80. The summed E-state index contributed by atoms with van der Waals surface area (Å²) in [6.45, 7) is 12.8. The van der Waals surface area contributed by atoms with Gasteiger partial charge in [-0.15, -0.1) is 11.3 Å². The molecule has 1 heterocycles. The van der Waals surface area contributed by atoms with Gasteiger partial charge in [0, 0.05) is 29.7 Å². The molecule has 5 heteroatoms. The van der Waals surface area contributed by atoms with Crippen LogP contribution in [0.4, 0.5) is 10.8 Å². The van der Waals surface area contributed by atoms with Crippen molar-refractivity contribution in [2.24, 2.45) is 5.10 Å². The third kappa shape index (κ3) is 4.60. The first kappa shape index (κ1) is 20.1. The van der Waals surface area contributed by atoms with Crippen molar-refractivity contribution in [1.29, 1.82) is 0 Å². The largest absolute Gasteiger partial charge is 0.372 e. The molecule has 28 heavy (non-hydrogen) atoms. The molecule has 146 valence electrons. The maximum atomic E-state index is 4.71. The molecule has 0 atom stereocenters. The van der Waals surface area contributed by atoms with Crippen LogP contribution >= 0.6 is 11.3 Å². The zero-order valence-corrected chi connectivity index (χ0v) is 18.1. The SMILES string of the molecule is CCN(CC)c1ccc(/C=N\Nc2nc(-c3c(C)cc(C)cc3C)cs2)cc1. The van der Waals surface area contributed by atoms with Crippen LogP contribution in [-0.4, -0.2) is 24.3 Å². The first-order valence-electron chi connectivity index (χ1n) is 9.69. The molecule has 0 bridgehead atoms. The molecular weight excluding hydrogens is 364 g/mol. The van der Waals surface area contributed by atoms with Gasteiger partial charge in [-0.1, -0.05) is 29.8 Å². The summed E-state index contributed by atoms with van der Waals surface area (Å²) in [6, 6.07) is 12.9. The number of hydrogen-bond donors (Lipinski definition) is 1. The second kappa shape index (κ2) is 9.02. The molecule has 1 aromatic heterocycles. The fourth-order valence-corrected chi connectivity index (χ4v) is 4.20. The number of hydrogen-bond acceptors (Lipinski definition) is 5. The number of hydrazone groups is 1. The first-order chi connectivity index (χ1) is 13.5. The van der Waals surface area contributed by atoms with Gasteiger partial charge in [-0.3, -0.25) is 5.43 Å². The summed E-state index contributed by atoms with van der Waals surface area (Å²) < 4.78 is 0. The third-order valence-corrected chi connectivity index (χ3v) is 5.58. The van der Waals surface area contributed by atoms with Crippen LogP contribution in [0.3, 0.4) is 0 Å². The van der Waals surface area contributed by atoms with Crippen LogP contribution in [0.1, 0.15) is 36.1 Å². The molecule has 3 aromatic rings. The quantitative estimate of drug-likeness (QED) is 0.394. The second-order valence-electron chi connectivity index (χ2n) is 6.95. The Balaban J connectivity index is 1.68. The predicted molar refractivity (Wildman–Crippen MR) is 123 cm³/mol. The Morgan fingerprint density at radius 2 is 1.68 bits per heavy atom. The molecule has 0 amide bonds. The van der Waals surface area contributed by atoms with Crippen molar-refractivity contribution in [3.05, 3.63) is 64.0 Å². The molecule has 0 aliphatic heterocycles. The van der Waals surface area contributed by atoms with Crippen LogP contribution < -0.4 is 10.3 Å². The maximum absolute atomic E-state index is 4.71. The van der Waals surface area contributed by atoms with Crippen LogP contribution in [0, 0.1) is 20.8 Å². The Kier molecular flexibility index (Phi) is 6.47. The van der Waals surface area contributed by atoms with E-state index >= 15 is 0 Å². The number of anilines is 2. The fraction of sp³-hybridized carbons (Fsp3) is 0.304. The van der Waals surface area contributed by atoms with Crippen LogP contribution in [-0.2, 0) is 0 Å². The predicted octanol–water partition coefficient (Wildman–Crippen LogP) is 6.03. The van der Waals surface area contributed by atoms with Crippen LogP contribution in [0.15, 0.2) is 46.9 Å². The van der Waals surface area contributed by atoms with Crippen molar-refractivity contribution in [2.75, 3.05) is 23.4 Å². The zero-order chi connectivity index (χ0) is 20.1. The van der Waals surface area contributed by atoms with E-state index in [0.29, 0.717) is 0 Å². The average molecular weight is 393 g/mol. The van der Waals surface area contributed by atoms with Crippen molar-refractivity contribution in [1.82, 2.24) is 4.98 Å². The van der Waals surface area contributed by atoms with Gasteiger partial charge in [0.2, 0.25) is 5.13 Å². The molecule has 1 N–H and O–H groups in total. The lowest BCUT2D eigenvalue weighted by atomic mass is 9.98. The lowest BCUT2D eigenvalue weighted by Gasteiger charge is -2.20. The monoisotopic (exact) mass is 392 g/mol. The number of aryl methyl sites for hydroxylation is 3. The fourth-order valence-electron chi connectivity index (χ4n) is 3.55. The Morgan fingerprint density at radius 3 is 2.29 bits per heavy atom. The molecule has 0 spiro atoms. The summed E-state index contributed by atoms with van der Waals surface area (Å²) >= 11 is 1.57. The van der Waals surface area contributed by atoms with E-state index in [4.69, 9.17) is 4.98 Å². The standard InChI is InChI=1S/C23H28N4S/c1-6-27(7-2)20-10-8-19(9-11-20)14-24-26-23-25-21(15-28-23)22-17(4)12-16(3)13-18(22)5/h8-15H,6-7H2,1-5H3,(H,25,26)/b24-14-. The van der Waals surface area contributed by atoms with Gasteiger partial charge in [0.15, 0.2) is 0 Å². The van der Waals surface area contributed by atoms with E-state index in [0.717, 1.165) is 29.5 Å². The number of thiazole rings is 1. The molecule has 0 fully saturated rings. The van der Waals surface area contributed by atoms with Crippen molar-refractivity contribution in [3.63, 3.8) is 0 Å². The number of rotatable bonds is 7. The highest BCUT2D eigenvalue weighted by Gasteiger charge is 2.10. The van der Waals surface area contributed by atoms with Gasteiger partial charge in [0.25, 0.3) is 0 Å². The topological polar surface area (TPSA) is 40.5 Å². The van der Waals surface area contributed by atoms with Crippen molar-refractivity contribution >= 4 is 28.4 Å². The molecular formula is C23H28N4S. The first-order valence-corrected chi connectivity index (χ1v) is 10.6. The van der Waals surface area contributed by atoms with Crippen LogP contribution in [0.5, 0.6) is 0 Å². The summed E-state index contributed by atoms with van der Waals surface area (Å²) in [5.41, 5.74) is 11.4. The van der Waals surface area contributed by atoms with Crippen molar-refractivity contribution in [2.45, 2.75) is 34.6 Å². The lowest BCUT2D eigenvalue weighted by molar-refractivity contribution is 0.866. The highest BCUT2D eigenvalue weighted by Crippen LogP contribution is 2.31. The van der Waals surface area contributed by atoms with Gasteiger partial charge in [-0.25, -0.2) is 4.98 Å². The minimum Gasteiger partial charge on any atom is -0.372 e. The van der Waals surface area contributed by atoms with Crippen molar-refractivity contribution in [3.8, 4) is 11.3 Å². The Morgan fingerprint density at radius 1 is 1.04 bits per heavy atom. The summed E-state index contributed by atoms with van der Waals surface area (Å²) in [4.78, 5) is 7.03. The zero-order valence-electron chi connectivity index (χ0n) is 17.3. The molecule has 2 aromatic carbocycles. The molecule has 0 aliphatic rings. The molecule has 0 aliphatic carbocycles. The third-order valence-electron chi connectivity index (χ3n) is 4.83. The van der Waals surface area contributed by atoms with Crippen molar-refractivity contribution < 1.29 is 0 Å². The van der Waals surface area contributed by atoms with Gasteiger partial charge >= 0.3 is 0 Å². The summed E-state index contributed by atoms with van der Waals surface area (Å²) in [7, 11) is 0. The van der Waals surface area contributed by atoms with E-state index < -0.39 is 0 Å². The Labute approximate surface area is 172 Å². The number of aromatic nitrogens is 1. The maximum Gasteiger partial charge on any atom is 0.203 e. The van der Waals surface area contributed by atoms with Crippen LogP contribution in [0.25, 0.3) is 11.3 Å². The minimum absolute atomic E-state index is 0.797. The molecule has 4 nitrogen and oxygen atoms in total. The average Bonchev–Trinajstić information content (AvgIpc) is 3.11. The normalized spacial score (nSPS) is 11.2. The van der Waals surface area contributed by atoms with E-state index in [1.165, 1.54) is 27.9 Å². The molecule has 0 saturated carbocycles. The number of nitrogens with one attached hydrogen (secondary N) is 1. The number of nitrogens with zero attached hydrogens (tertiary/aromatic N) is 3. The van der Waals surface area contributed by atoms with Gasteiger partial charge in [0.05, 0.1) is 11.9 Å². The summed E-state index contributed by atoms with van der Waals surface area (Å²) in [5.74, 6) is 0. The number of benzene rings is 2. The lowest BCUT2D eigenvalue weighted by Crippen LogP contribution is -2.21. The van der Waals surface area contributed by atoms with E-state index in [1.807, 2.05) is 6.21 Å². The molecule has 0 saturated heterocycles. The highest BCUT2D eigenvalue weighted by molar-refractivity contribution is 7.14. The summed E-state index contributed by atoms with van der Waals surface area (Å²) in [5, 5.41) is 7.23. The molecule has 3 rings (SSSR count). The Bertz CT molecular complexity index is 930.